The maximum absolute atomic E-state index is 11.8. The molecule has 0 unspecified atom stereocenters. The molecule has 0 saturated heterocycles. The molecule has 25 heavy (non-hydrogen) atoms. The summed E-state index contributed by atoms with van der Waals surface area (Å²) in [5, 5.41) is 4.98. The summed E-state index contributed by atoms with van der Waals surface area (Å²) < 4.78 is 4.84. The predicted octanol–water partition coefficient (Wildman–Crippen LogP) is 3.99. The van der Waals surface area contributed by atoms with E-state index in [0.717, 1.165) is 17.7 Å². The number of aryl methyl sites for hydroxylation is 1. The van der Waals surface area contributed by atoms with Gasteiger partial charge in [-0.3, -0.25) is 10.1 Å². The number of nitrogens with zero attached hydrogens (tertiary/aromatic N) is 1. The molecule has 0 aliphatic carbocycles. The smallest absolute Gasteiger partial charge is 0.331 e. The lowest BCUT2D eigenvalue weighted by Gasteiger charge is -2.02. The Labute approximate surface area is 151 Å². The third-order valence-corrected chi connectivity index (χ3v) is 4.05. The van der Waals surface area contributed by atoms with Crippen LogP contribution in [0.2, 0.25) is 0 Å². The molecule has 5 nitrogen and oxygen atoms in total. The summed E-state index contributed by atoms with van der Waals surface area (Å²) in [6, 6.07) is 8.15. The van der Waals surface area contributed by atoms with Crippen molar-refractivity contribution in [3.63, 3.8) is 0 Å². The first-order valence-electron chi connectivity index (χ1n) is 7.93. The molecule has 1 amide bonds. The summed E-state index contributed by atoms with van der Waals surface area (Å²) in [5.74, 6) is -0.987. The van der Waals surface area contributed by atoms with Crippen LogP contribution in [-0.2, 0) is 20.7 Å². The van der Waals surface area contributed by atoms with E-state index >= 15 is 0 Å². The summed E-state index contributed by atoms with van der Waals surface area (Å²) in [6.45, 7) is 3.59. The minimum absolute atomic E-state index is 0.348. The molecule has 0 radical (unpaired) electrons. The summed E-state index contributed by atoms with van der Waals surface area (Å²) in [5.41, 5.74) is 3.06. The zero-order chi connectivity index (χ0) is 18.1. The Morgan fingerprint density at radius 2 is 2.00 bits per heavy atom. The van der Waals surface area contributed by atoms with Gasteiger partial charge in [-0.2, -0.15) is 0 Å². The van der Waals surface area contributed by atoms with Gasteiger partial charge in [0.1, 0.15) is 0 Å². The van der Waals surface area contributed by atoms with Crippen LogP contribution >= 0.6 is 11.3 Å². The number of carbonyl (C=O) groups is 2. The first-order valence-corrected chi connectivity index (χ1v) is 8.81. The lowest BCUT2D eigenvalue weighted by molar-refractivity contribution is -0.142. The summed E-state index contributed by atoms with van der Waals surface area (Å²) in [7, 11) is 0. The average Bonchev–Trinajstić information content (AvgIpc) is 3.08. The van der Waals surface area contributed by atoms with Gasteiger partial charge in [0.05, 0.1) is 5.69 Å². The number of amides is 1. The number of hydrogen-bond donors (Lipinski definition) is 1. The molecular weight excluding hydrogens is 336 g/mol. The Hall–Kier alpha value is -2.73. The van der Waals surface area contributed by atoms with E-state index in [1.807, 2.05) is 24.4 Å². The number of ether oxygens (including phenoxy) is 1. The van der Waals surface area contributed by atoms with E-state index in [1.54, 1.807) is 18.2 Å². The van der Waals surface area contributed by atoms with E-state index in [0.29, 0.717) is 5.13 Å². The topological polar surface area (TPSA) is 68.3 Å². The number of esters is 1. The molecule has 0 aliphatic rings. The molecule has 0 saturated carbocycles. The number of thiazole rings is 1. The number of nitrogens with one attached hydrogen (secondary N) is 1. The van der Waals surface area contributed by atoms with Crippen molar-refractivity contribution in [2.45, 2.75) is 20.3 Å². The number of hydrogen-bond acceptors (Lipinski definition) is 5. The molecule has 1 aromatic carbocycles. The Bertz CT molecular complexity index is 776. The Kier molecular flexibility index (Phi) is 7.10. The molecule has 1 aromatic heterocycles. The lowest BCUT2D eigenvalue weighted by Crippen LogP contribution is -2.20. The second kappa shape index (κ2) is 9.54. The number of allylic oxidation sites excluding steroid dienone is 3. The van der Waals surface area contributed by atoms with Gasteiger partial charge in [-0.05, 0) is 18.9 Å². The quantitative estimate of drug-likeness (QED) is 0.463. The van der Waals surface area contributed by atoms with E-state index in [4.69, 9.17) is 4.74 Å². The van der Waals surface area contributed by atoms with Crippen molar-refractivity contribution < 1.29 is 14.3 Å². The minimum Gasteiger partial charge on any atom is -0.452 e. The minimum atomic E-state index is -0.566. The van der Waals surface area contributed by atoms with Crippen LogP contribution in [-0.4, -0.2) is 23.5 Å². The maximum atomic E-state index is 11.8. The Morgan fingerprint density at radius 3 is 2.68 bits per heavy atom. The van der Waals surface area contributed by atoms with Gasteiger partial charge in [0, 0.05) is 17.0 Å². The molecule has 0 bridgehead atoms. The second-order valence-electron chi connectivity index (χ2n) is 5.13. The highest BCUT2D eigenvalue weighted by molar-refractivity contribution is 7.14. The lowest BCUT2D eigenvalue weighted by atomic mass is 10.1. The highest BCUT2D eigenvalue weighted by atomic mass is 32.1. The van der Waals surface area contributed by atoms with E-state index in [2.05, 4.69) is 29.4 Å². The first-order chi connectivity index (χ1) is 12.1. The molecule has 0 aliphatic heterocycles. The van der Waals surface area contributed by atoms with Crippen molar-refractivity contribution >= 4 is 28.3 Å². The fraction of sp³-hybridized carbons (Fsp3) is 0.211. The van der Waals surface area contributed by atoms with Crippen LogP contribution in [0.4, 0.5) is 5.13 Å². The molecule has 1 heterocycles. The van der Waals surface area contributed by atoms with Gasteiger partial charge in [-0.25, -0.2) is 9.78 Å². The van der Waals surface area contributed by atoms with Crippen molar-refractivity contribution in [3.8, 4) is 11.3 Å². The van der Waals surface area contributed by atoms with Gasteiger partial charge in [0.15, 0.2) is 11.7 Å². The van der Waals surface area contributed by atoms with Crippen LogP contribution in [0.5, 0.6) is 0 Å². The average molecular weight is 356 g/mol. The number of benzene rings is 1. The van der Waals surface area contributed by atoms with Crippen LogP contribution in [0, 0.1) is 0 Å². The molecular formula is C19H20N2O3S. The standard InChI is InChI=1S/C19H20N2O3S/c1-3-5-6-7-18(23)24-12-17(22)21-19-20-16(13-25-19)15-10-8-14(4-2)9-11-15/h3,5-11,13H,4,12H2,1-2H3,(H,20,21,22)/b5-3+,7-6+. The van der Waals surface area contributed by atoms with Crippen molar-refractivity contribution in [1.82, 2.24) is 4.98 Å². The van der Waals surface area contributed by atoms with E-state index < -0.39 is 11.9 Å². The third kappa shape index (κ3) is 6.00. The SMILES string of the molecule is C/C=C/C=C/C(=O)OCC(=O)Nc1nc(-c2ccc(CC)cc2)cs1. The molecule has 0 spiro atoms. The van der Waals surface area contributed by atoms with Gasteiger partial charge < -0.3 is 4.74 Å². The van der Waals surface area contributed by atoms with Crippen LogP contribution in [0.1, 0.15) is 19.4 Å². The normalized spacial score (nSPS) is 11.1. The van der Waals surface area contributed by atoms with Gasteiger partial charge in [-0.15, -0.1) is 11.3 Å². The Morgan fingerprint density at radius 1 is 1.24 bits per heavy atom. The van der Waals surface area contributed by atoms with Gasteiger partial charge in [0.25, 0.3) is 5.91 Å². The highest BCUT2D eigenvalue weighted by Crippen LogP contribution is 2.25. The summed E-state index contributed by atoms with van der Waals surface area (Å²) in [6.07, 6.45) is 7.28. The van der Waals surface area contributed by atoms with Gasteiger partial charge in [0.2, 0.25) is 0 Å². The van der Waals surface area contributed by atoms with E-state index in [1.165, 1.54) is 23.0 Å². The van der Waals surface area contributed by atoms with Gasteiger partial charge >= 0.3 is 5.97 Å². The van der Waals surface area contributed by atoms with Crippen molar-refractivity contribution in [2.75, 3.05) is 11.9 Å². The first kappa shape index (κ1) is 18.6. The zero-order valence-electron chi connectivity index (χ0n) is 14.2. The van der Waals surface area contributed by atoms with Crippen LogP contribution in [0.3, 0.4) is 0 Å². The number of rotatable bonds is 7. The molecule has 1 N–H and O–H groups in total. The molecule has 2 aromatic rings. The van der Waals surface area contributed by atoms with Crippen molar-refractivity contribution in [1.29, 1.82) is 0 Å². The highest BCUT2D eigenvalue weighted by Gasteiger charge is 2.09. The third-order valence-electron chi connectivity index (χ3n) is 3.29. The molecule has 0 atom stereocenters. The monoisotopic (exact) mass is 356 g/mol. The molecule has 0 fully saturated rings. The van der Waals surface area contributed by atoms with Crippen LogP contribution in [0.15, 0.2) is 53.9 Å². The Balaban J connectivity index is 1.87. The fourth-order valence-electron chi connectivity index (χ4n) is 1.96. The fourth-order valence-corrected chi connectivity index (χ4v) is 2.70. The van der Waals surface area contributed by atoms with Gasteiger partial charge in [-0.1, -0.05) is 49.4 Å². The summed E-state index contributed by atoms with van der Waals surface area (Å²) >= 11 is 1.33. The molecule has 130 valence electrons. The molecule has 2 rings (SSSR count). The number of anilines is 1. The van der Waals surface area contributed by atoms with Crippen LogP contribution < -0.4 is 5.32 Å². The van der Waals surface area contributed by atoms with Crippen molar-refractivity contribution in [3.05, 3.63) is 59.5 Å². The number of carbonyl (C=O) groups excluding carboxylic acids is 2. The zero-order valence-corrected chi connectivity index (χ0v) is 15.0. The van der Waals surface area contributed by atoms with Crippen LogP contribution in [0.25, 0.3) is 11.3 Å². The largest absolute Gasteiger partial charge is 0.452 e. The second-order valence-corrected chi connectivity index (χ2v) is 5.99. The predicted molar refractivity (Wildman–Crippen MR) is 100 cm³/mol. The maximum Gasteiger partial charge on any atom is 0.331 e. The van der Waals surface area contributed by atoms with Crippen molar-refractivity contribution in [2.24, 2.45) is 0 Å². The molecule has 6 heteroatoms. The van der Waals surface area contributed by atoms with E-state index in [-0.39, 0.29) is 6.61 Å². The summed E-state index contributed by atoms with van der Waals surface area (Å²) in [4.78, 5) is 27.6. The van der Waals surface area contributed by atoms with E-state index in [9.17, 15) is 9.59 Å². The number of aromatic nitrogens is 1.